The van der Waals surface area contributed by atoms with Gasteiger partial charge in [-0.1, -0.05) is 0 Å². The molecule has 6 heteroatoms. The molecule has 16 heavy (non-hydrogen) atoms. The molecule has 1 rings (SSSR count). The van der Waals surface area contributed by atoms with E-state index in [4.69, 9.17) is 10.5 Å². The quantitative estimate of drug-likeness (QED) is 0.587. The molecule has 0 aliphatic carbocycles. The van der Waals surface area contributed by atoms with Crippen molar-refractivity contribution >= 4 is 14.5 Å². The fraction of sp³-hybridized carbons (Fsp3) is 0.200. The van der Waals surface area contributed by atoms with Gasteiger partial charge in [0.2, 0.25) is 0 Å². The van der Waals surface area contributed by atoms with Crippen LogP contribution in [0, 0.1) is 40.1 Å². The van der Waals surface area contributed by atoms with Crippen molar-refractivity contribution < 1.29 is 13.2 Å². The van der Waals surface area contributed by atoms with Gasteiger partial charge in [0.1, 0.15) is 17.4 Å². The summed E-state index contributed by atoms with van der Waals surface area (Å²) in [7, 11) is 1.86. The Kier molecular flexibility index (Phi) is 3.88. The van der Waals surface area contributed by atoms with Crippen molar-refractivity contribution in [3.63, 3.8) is 0 Å². The molecule has 82 valence electrons. The van der Waals surface area contributed by atoms with Crippen LogP contribution in [0.3, 0.4) is 0 Å². The molecule has 0 aliphatic rings. The van der Waals surface area contributed by atoms with E-state index < -0.39 is 28.6 Å². The van der Waals surface area contributed by atoms with Crippen LogP contribution in [-0.2, 0) is 6.42 Å². The summed E-state index contributed by atoms with van der Waals surface area (Å²) >= 11 is 0. The van der Waals surface area contributed by atoms with Crippen LogP contribution >= 0.6 is 9.24 Å². The Morgan fingerprint density at radius 2 is 1.69 bits per heavy atom. The summed E-state index contributed by atoms with van der Waals surface area (Å²) in [4.78, 5) is 0. The third kappa shape index (κ3) is 2.01. The lowest BCUT2D eigenvalue weighted by Crippen LogP contribution is -2.14. The van der Waals surface area contributed by atoms with Gasteiger partial charge in [-0.2, -0.15) is 10.5 Å². The highest BCUT2D eigenvalue weighted by Crippen LogP contribution is 2.21. The largest absolute Gasteiger partial charge is 0.206 e. The fourth-order valence-corrected chi connectivity index (χ4v) is 1.60. The zero-order chi connectivity index (χ0) is 12.3. The molecule has 0 N–H and O–H groups in total. The van der Waals surface area contributed by atoms with Crippen LogP contribution in [0.25, 0.3) is 0 Å². The molecule has 2 nitrogen and oxygen atoms in total. The van der Waals surface area contributed by atoms with E-state index in [1.807, 2.05) is 9.24 Å². The van der Waals surface area contributed by atoms with Crippen LogP contribution in [-0.4, -0.2) is 0 Å². The molecule has 0 saturated carbocycles. The summed E-state index contributed by atoms with van der Waals surface area (Å²) in [6.45, 7) is 0. The molecule has 1 aromatic carbocycles. The maximum absolute atomic E-state index is 13.5. The first-order valence-corrected chi connectivity index (χ1v) is 4.84. The van der Waals surface area contributed by atoms with Crippen molar-refractivity contribution in [1.82, 2.24) is 0 Å². The van der Waals surface area contributed by atoms with E-state index in [-0.39, 0.29) is 18.1 Å². The first kappa shape index (κ1) is 12.5. The molecule has 1 atom stereocenters. The molecule has 0 bridgehead atoms. The lowest BCUT2D eigenvalue weighted by Gasteiger charge is -2.08. The van der Waals surface area contributed by atoms with Gasteiger partial charge < -0.3 is 0 Å². The SMILES string of the molecule is N#CCCc1c(F)c(F)c(C#N)c(P)c1F. The van der Waals surface area contributed by atoms with E-state index in [1.54, 1.807) is 6.07 Å². The second kappa shape index (κ2) is 4.96. The molecule has 0 amide bonds. The number of halogens is 3. The van der Waals surface area contributed by atoms with Crippen molar-refractivity contribution in [2.24, 2.45) is 0 Å². The summed E-state index contributed by atoms with van der Waals surface area (Å²) < 4.78 is 40.1. The molecular formula is C10H6F3N2P. The van der Waals surface area contributed by atoms with Crippen LogP contribution < -0.4 is 5.30 Å². The van der Waals surface area contributed by atoms with Crippen LogP contribution in [0.15, 0.2) is 0 Å². The van der Waals surface area contributed by atoms with Gasteiger partial charge in [-0.25, -0.2) is 13.2 Å². The molecule has 1 aromatic rings. The fourth-order valence-electron chi connectivity index (χ4n) is 1.24. The molecule has 0 saturated heterocycles. The second-order valence-corrected chi connectivity index (χ2v) is 3.56. The highest BCUT2D eigenvalue weighted by atomic mass is 31.0. The van der Waals surface area contributed by atoms with Gasteiger partial charge in [0, 0.05) is 17.3 Å². The molecule has 0 fully saturated rings. The molecule has 0 aromatic heterocycles. The van der Waals surface area contributed by atoms with Gasteiger partial charge in [-0.05, 0) is 6.42 Å². The molecule has 0 radical (unpaired) electrons. The van der Waals surface area contributed by atoms with Gasteiger partial charge in [0.25, 0.3) is 0 Å². The van der Waals surface area contributed by atoms with E-state index in [0.29, 0.717) is 0 Å². The summed E-state index contributed by atoms with van der Waals surface area (Å²) in [6.07, 6.45) is -0.346. The topological polar surface area (TPSA) is 47.6 Å². The van der Waals surface area contributed by atoms with Crippen molar-refractivity contribution in [2.75, 3.05) is 0 Å². The Bertz CT molecular complexity index is 485. The zero-order valence-corrected chi connectivity index (χ0v) is 9.17. The van der Waals surface area contributed by atoms with Gasteiger partial charge in [0.05, 0.1) is 6.07 Å². The minimum Gasteiger partial charge on any atom is -0.206 e. The maximum Gasteiger partial charge on any atom is 0.177 e. The number of rotatable bonds is 2. The molecular weight excluding hydrogens is 236 g/mol. The minimum absolute atomic E-state index is 0.122. The van der Waals surface area contributed by atoms with Crippen LogP contribution in [0.2, 0.25) is 0 Å². The first-order valence-electron chi connectivity index (χ1n) is 4.26. The lowest BCUT2D eigenvalue weighted by atomic mass is 10.1. The van der Waals surface area contributed by atoms with Crippen LogP contribution in [0.1, 0.15) is 17.5 Å². The van der Waals surface area contributed by atoms with Gasteiger partial charge in [-0.15, -0.1) is 9.24 Å². The van der Waals surface area contributed by atoms with E-state index in [1.165, 1.54) is 6.07 Å². The summed E-state index contributed by atoms with van der Waals surface area (Å²) in [5.74, 6) is -3.76. The highest BCUT2D eigenvalue weighted by molar-refractivity contribution is 7.27. The Hall–Kier alpha value is -1.58. The van der Waals surface area contributed by atoms with E-state index in [9.17, 15) is 13.2 Å². The number of nitriles is 2. The number of hydrogen-bond acceptors (Lipinski definition) is 2. The van der Waals surface area contributed by atoms with E-state index >= 15 is 0 Å². The number of benzene rings is 1. The second-order valence-electron chi connectivity index (χ2n) is 2.98. The van der Waals surface area contributed by atoms with Gasteiger partial charge in [-0.3, -0.25) is 0 Å². The normalized spacial score (nSPS) is 9.62. The Labute approximate surface area is 92.5 Å². The Balaban J connectivity index is 3.44. The molecule has 0 heterocycles. The Morgan fingerprint density at radius 3 is 2.19 bits per heavy atom. The standard InChI is InChI=1S/C10H6F3N2P/c11-7-5(2-1-3-14)9(13)10(16)6(4-15)8(7)12/h1-2,16H2. The maximum atomic E-state index is 13.5. The minimum atomic E-state index is -1.39. The monoisotopic (exact) mass is 242 g/mol. The number of hydrogen-bond donors (Lipinski definition) is 0. The third-order valence-corrected chi connectivity index (χ3v) is 2.59. The summed E-state index contributed by atoms with van der Waals surface area (Å²) in [5, 5.41) is 16.5. The van der Waals surface area contributed by atoms with E-state index in [0.717, 1.165) is 0 Å². The molecule has 0 aliphatic heterocycles. The summed E-state index contributed by atoms with van der Waals surface area (Å²) in [6, 6.07) is 3.10. The molecule has 0 spiro atoms. The smallest absolute Gasteiger partial charge is 0.177 e. The predicted molar refractivity (Wildman–Crippen MR) is 54.3 cm³/mol. The van der Waals surface area contributed by atoms with Crippen molar-refractivity contribution in [1.29, 1.82) is 10.5 Å². The number of nitrogens with zero attached hydrogens (tertiary/aromatic N) is 2. The highest BCUT2D eigenvalue weighted by Gasteiger charge is 2.22. The average Bonchev–Trinajstić information content (AvgIpc) is 2.27. The summed E-state index contributed by atoms with van der Waals surface area (Å²) in [5.41, 5.74) is -1.16. The lowest BCUT2D eigenvalue weighted by molar-refractivity contribution is 0.481. The van der Waals surface area contributed by atoms with Crippen molar-refractivity contribution in [2.45, 2.75) is 12.8 Å². The van der Waals surface area contributed by atoms with Crippen molar-refractivity contribution in [3.8, 4) is 12.1 Å². The zero-order valence-electron chi connectivity index (χ0n) is 8.02. The Morgan fingerprint density at radius 1 is 1.06 bits per heavy atom. The third-order valence-electron chi connectivity index (χ3n) is 2.05. The van der Waals surface area contributed by atoms with E-state index in [2.05, 4.69) is 0 Å². The first-order chi connectivity index (χ1) is 7.54. The predicted octanol–water partition coefficient (Wildman–Crippen LogP) is 1.93. The van der Waals surface area contributed by atoms with Crippen LogP contribution in [0.4, 0.5) is 13.2 Å². The van der Waals surface area contributed by atoms with Crippen molar-refractivity contribution in [3.05, 3.63) is 28.6 Å². The van der Waals surface area contributed by atoms with Gasteiger partial charge >= 0.3 is 0 Å². The average molecular weight is 242 g/mol. The van der Waals surface area contributed by atoms with Gasteiger partial charge in [0.15, 0.2) is 11.6 Å². The molecule has 1 unspecified atom stereocenters. The van der Waals surface area contributed by atoms with Crippen LogP contribution in [0.5, 0.6) is 0 Å².